The third-order valence-corrected chi connectivity index (χ3v) is 3.61. The Hall–Kier alpha value is -1.33. The van der Waals surface area contributed by atoms with E-state index in [1.807, 2.05) is 6.07 Å². The van der Waals surface area contributed by atoms with Crippen molar-refractivity contribution in [3.63, 3.8) is 0 Å². The molecule has 0 radical (unpaired) electrons. The molecule has 0 aliphatic heterocycles. The quantitative estimate of drug-likeness (QED) is 0.632. The summed E-state index contributed by atoms with van der Waals surface area (Å²) in [6.07, 6.45) is 0. The normalized spacial score (nSPS) is 10.5. The molecule has 0 N–H and O–H groups in total. The predicted octanol–water partition coefficient (Wildman–Crippen LogP) is 3.33. The zero-order valence-electron chi connectivity index (χ0n) is 10.3. The molecule has 4 nitrogen and oxygen atoms in total. The summed E-state index contributed by atoms with van der Waals surface area (Å²) in [6.45, 7) is 0.100. The summed E-state index contributed by atoms with van der Waals surface area (Å²) in [4.78, 5) is 11.8. The molecule has 19 heavy (non-hydrogen) atoms. The summed E-state index contributed by atoms with van der Waals surface area (Å²) in [6, 6.07) is 8.83. The minimum atomic E-state index is -0.377. The van der Waals surface area contributed by atoms with Crippen LogP contribution in [0, 0.1) is 0 Å². The Labute approximate surface area is 124 Å². The van der Waals surface area contributed by atoms with E-state index in [0.29, 0.717) is 21.6 Å². The number of carbonyl (C=O) groups is 1. The monoisotopic (exact) mass is 342 g/mol. The van der Waals surface area contributed by atoms with Gasteiger partial charge in [0.1, 0.15) is 6.61 Å². The van der Waals surface area contributed by atoms with Crippen LogP contribution in [0.4, 0.5) is 0 Å². The van der Waals surface area contributed by atoms with Crippen LogP contribution in [0.25, 0.3) is 0 Å². The third kappa shape index (κ3) is 3.16. The highest BCUT2D eigenvalue weighted by molar-refractivity contribution is 9.08. The second kappa shape index (κ2) is 6.21. The number of aryl methyl sites for hydroxylation is 1. The number of alkyl halides is 1. The molecule has 100 valence electrons. The molecule has 0 unspecified atom stereocenters. The van der Waals surface area contributed by atoms with Crippen molar-refractivity contribution in [2.24, 2.45) is 7.05 Å². The van der Waals surface area contributed by atoms with Gasteiger partial charge in [-0.15, -0.1) is 0 Å². The summed E-state index contributed by atoms with van der Waals surface area (Å²) < 4.78 is 6.86. The lowest BCUT2D eigenvalue weighted by Gasteiger charge is -2.05. The first-order valence-corrected chi connectivity index (χ1v) is 7.11. The lowest BCUT2D eigenvalue weighted by molar-refractivity contribution is 0.0463. The predicted molar refractivity (Wildman–Crippen MR) is 76.4 cm³/mol. The van der Waals surface area contributed by atoms with Crippen LogP contribution in [0.1, 0.15) is 21.7 Å². The van der Waals surface area contributed by atoms with Gasteiger partial charge in [0.2, 0.25) is 0 Å². The van der Waals surface area contributed by atoms with Gasteiger partial charge in [-0.2, -0.15) is 5.10 Å². The fourth-order valence-electron chi connectivity index (χ4n) is 1.63. The molecule has 0 aliphatic carbocycles. The van der Waals surface area contributed by atoms with Gasteiger partial charge >= 0.3 is 5.97 Å². The van der Waals surface area contributed by atoms with Crippen molar-refractivity contribution in [3.05, 3.63) is 52.3 Å². The molecule has 1 aromatic carbocycles. The number of hydrogen-bond donors (Lipinski definition) is 0. The van der Waals surface area contributed by atoms with E-state index in [2.05, 4.69) is 21.0 Å². The van der Waals surface area contributed by atoms with Gasteiger partial charge in [0.05, 0.1) is 22.0 Å². The van der Waals surface area contributed by atoms with E-state index < -0.39 is 0 Å². The van der Waals surface area contributed by atoms with E-state index in [-0.39, 0.29) is 12.6 Å². The van der Waals surface area contributed by atoms with Crippen LogP contribution < -0.4 is 0 Å². The Bertz CT molecular complexity index is 584. The molecular weight excluding hydrogens is 332 g/mol. The summed E-state index contributed by atoms with van der Waals surface area (Å²) in [5, 5.41) is 5.32. The lowest BCUT2D eigenvalue weighted by Crippen LogP contribution is -2.08. The SMILES string of the molecule is Cn1nc(CBr)c(Cl)c1COC(=O)c1ccccc1. The highest BCUT2D eigenvalue weighted by atomic mass is 79.9. The van der Waals surface area contributed by atoms with Gasteiger partial charge in [-0.1, -0.05) is 45.7 Å². The molecular formula is C13H12BrClN2O2. The Morgan fingerprint density at radius 1 is 1.42 bits per heavy atom. The molecule has 0 amide bonds. The number of esters is 1. The number of nitrogens with zero attached hydrogens (tertiary/aromatic N) is 2. The molecule has 0 bridgehead atoms. The van der Waals surface area contributed by atoms with E-state index in [1.54, 1.807) is 36.0 Å². The van der Waals surface area contributed by atoms with Crippen LogP contribution in [0.2, 0.25) is 5.02 Å². The minimum absolute atomic E-state index is 0.100. The zero-order chi connectivity index (χ0) is 13.8. The van der Waals surface area contributed by atoms with Crippen molar-refractivity contribution in [2.45, 2.75) is 11.9 Å². The van der Waals surface area contributed by atoms with Gasteiger partial charge < -0.3 is 4.74 Å². The molecule has 2 rings (SSSR count). The minimum Gasteiger partial charge on any atom is -0.456 e. The Morgan fingerprint density at radius 3 is 2.68 bits per heavy atom. The van der Waals surface area contributed by atoms with Crippen molar-refractivity contribution in [3.8, 4) is 0 Å². The largest absolute Gasteiger partial charge is 0.456 e. The van der Waals surface area contributed by atoms with Crippen molar-refractivity contribution in [1.29, 1.82) is 0 Å². The highest BCUT2D eigenvalue weighted by Crippen LogP contribution is 2.23. The molecule has 6 heteroatoms. The number of hydrogen-bond acceptors (Lipinski definition) is 3. The van der Waals surface area contributed by atoms with Crippen LogP contribution in [0.3, 0.4) is 0 Å². The van der Waals surface area contributed by atoms with Crippen LogP contribution in [0.5, 0.6) is 0 Å². The second-order valence-corrected chi connectivity index (χ2v) is 4.85. The average Bonchev–Trinajstić information content (AvgIpc) is 2.72. The smallest absolute Gasteiger partial charge is 0.338 e. The number of benzene rings is 1. The molecule has 1 aromatic heterocycles. The van der Waals surface area contributed by atoms with E-state index in [4.69, 9.17) is 16.3 Å². The van der Waals surface area contributed by atoms with Gasteiger partial charge in [-0.3, -0.25) is 4.68 Å². The maximum Gasteiger partial charge on any atom is 0.338 e. The van der Waals surface area contributed by atoms with Crippen molar-refractivity contribution in [1.82, 2.24) is 9.78 Å². The Balaban J connectivity index is 2.07. The van der Waals surface area contributed by atoms with Gasteiger partial charge in [0.15, 0.2) is 0 Å². The standard InChI is InChI=1S/C13H12BrClN2O2/c1-17-11(12(15)10(7-14)16-17)8-19-13(18)9-5-3-2-4-6-9/h2-6H,7-8H2,1H3. The van der Waals surface area contributed by atoms with Crippen LogP contribution in [-0.4, -0.2) is 15.7 Å². The van der Waals surface area contributed by atoms with Gasteiger partial charge in [-0.05, 0) is 12.1 Å². The maximum absolute atomic E-state index is 11.8. The lowest BCUT2D eigenvalue weighted by atomic mass is 10.2. The number of carbonyl (C=O) groups excluding carboxylic acids is 1. The first kappa shape index (κ1) is 14.1. The van der Waals surface area contributed by atoms with Gasteiger partial charge in [0, 0.05) is 12.4 Å². The van der Waals surface area contributed by atoms with E-state index in [1.165, 1.54) is 0 Å². The van der Waals surface area contributed by atoms with E-state index in [0.717, 1.165) is 5.69 Å². The van der Waals surface area contributed by atoms with Crippen LogP contribution in [-0.2, 0) is 23.7 Å². The summed E-state index contributed by atoms with van der Waals surface area (Å²) in [7, 11) is 1.77. The van der Waals surface area contributed by atoms with Gasteiger partial charge in [0.25, 0.3) is 0 Å². The van der Waals surface area contributed by atoms with Crippen molar-refractivity contribution in [2.75, 3.05) is 0 Å². The molecule has 0 atom stereocenters. The first-order chi connectivity index (χ1) is 9.13. The number of ether oxygens (including phenoxy) is 1. The van der Waals surface area contributed by atoms with E-state index in [9.17, 15) is 4.79 Å². The highest BCUT2D eigenvalue weighted by Gasteiger charge is 2.15. The van der Waals surface area contributed by atoms with Gasteiger partial charge in [-0.25, -0.2) is 4.79 Å². The molecule has 2 aromatic rings. The molecule has 0 saturated carbocycles. The second-order valence-electron chi connectivity index (χ2n) is 3.91. The van der Waals surface area contributed by atoms with Crippen LogP contribution >= 0.6 is 27.5 Å². The van der Waals surface area contributed by atoms with Crippen LogP contribution in [0.15, 0.2) is 30.3 Å². The fourth-order valence-corrected chi connectivity index (χ4v) is 2.46. The average molecular weight is 344 g/mol. The maximum atomic E-state index is 11.8. The first-order valence-electron chi connectivity index (χ1n) is 5.62. The topological polar surface area (TPSA) is 44.1 Å². The van der Waals surface area contributed by atoms with Crippen molar-refractivity contribution < 1.29 is 9.53 Å². The number of aromatic nitrogens is 2. The summed E-state index contributed by atoms with van der Waals surface area (Å²) in [5.74, 6) is -0.377. The number of rotatable bonds is 4. The molecule has 0 fully saturated rings. The molecule has 0 saturated heterocycles. The number of halogens is 2. The molecule has 0 aliphatic rings. The Morgan fingerprint density at radius 2 is 2.11 bits per heavy atom. The van der Waals surface area contributed by atoms with E-state index >= 15 is 0 Å². The Kier molecular flexibility index (Phi) is 4.61. The molecule has 0 spiro atoms. The third-order valence-electron chi connectivity index (χ3n) is 2.64. The summed E-state index contributed by atoms with van der Waals surface area (Å²) in [5.41, 5.74) is 1.93. The van der Waals surface area contributed by atoms with Crippen molar-refractivity contribution >= 4 is 33.5 Å². The fraction of sp³-hybridized carbons (Fsp3) is 0.231. The molecule has 1 heterocycles. The summed E-state index contributed by atoms with van der Waals surface area (Å²) >= 11 is 9.46. The zero-order valence-corrected chi connectivity index (χ0v) is 12.6.